The standard InChI is InChI=1S/C14H15AsIO/c1-14(2)8-11(13(16)12(17)9-14)15-10-6-4-3-5-7-10/h3-7H,8-9H2,1-2H3. The molecule has 1 aliphatic rings. The van der Waals surface area contributed by atoms with Gasteiger partial charge in [0.05, 0.1) is 0 Å². The molecule has 1 aromatic rings. The van der Waals surface area contributed by atoms with Crippen molar-refractivity contribution in [3.63, 3.8) is 0 Å². The van der Waals surface area contributed by atoms with Crippen LogP contribution in [0.4, 0.5) is 0 Å². The number of carbonyl (C=O) groups excluding carboxylic acids is 1. The predicted octanol–water partition coefficient (Wildman–Crippen LogP) is 3.05. The molecular weight excluding hydrogens is 386 g/mol. The number of allylic oxidation sites excluding steroid dienone is 2. The molecule has 0 amide bonds. The van der Waals surface area contributed by atoms with Crippen LogP contribution in [0.2, 0.25) is 0 Å². The molecule has 0 N–H and O–H groups in total. The van der Waals surface area contributed by atoms with Crippen molar-refractivity contribution in [1.82, 2.24) is 0 Å². The summed E-state index contributed by atoms with van der Waals surface area (Å²) < 4.78 is 3.79. The van der Waals surface area contributed by atoms with E-state index in [0.29, 0.717) is 12.2 Å². The van der Waals surface area contributed by atoms with Gasteiger partial charge in [0.15, 0.2) is 0 Å². The second-order valence-electron chi connectivity index (χ2n) is 5.15. The number of benzene rings is 1. The topological polar surface area (TPSA) is 17.1 Å². The van der Waals surface area contributed by atoms with Crippen molar-refractivity contribution in [2.24, 2.45) is 5.41 Å². The van der Waals surface area contributed by atoms with E-state index in [1.807, 2.05) is 6.07 Å². The van der Waals surface area contributed by atoms with Crippen LogP contribution in [0.15, 0.2) is 38.3 Å². The fourth-order valence-electron chi connectivity index (χ4n) is 2.01. The molecule has 0 unspecified atom stereocenters. The molecule has 1 aromatic carbocycles. The molecule has 0 bridgehead atoms. The van der Waals surface area contributed by atoms with Gasteiger partial charge in [-0.3, -0.25) is 0 Å². The Balaban J connectivity index is 2.25. The Bertz CT molecular complexity index is 462. The van der Waals surface area contributed by atoms with Gasteiger partial charge in [-0.1, -0.05) is 0 Å². The van der Waals surface area contributed by atoms with Crippen LogP contribution >= 0.6 is 22.6 Å². The summed E-state index contributed by atoms with van der Waals surface area (Å²) in [6.45, 7) is 4.39. The summed E-state index contributed by atoms with van der Waals surface area (Å²) in [4.78, 5) is 12.0. The van der Waals surface area contributed by atoms with Gasteiger partial charge in [0.1, 0.15) is 0 Å². The van der Waals surface area contributed by atoms with Crippen LogP contribution in [-0.2, 0) is 4.79 Å². The van der Waals surface area contributed by atoms with Crippen LogP contribution in [0.1, 0.15) is 26.7 Å². The van der Waals surface area contributed by atoms with E-state index in [1.54, 1.807) is 0 Å². The van der Waals surface area contributed by atoms with E-state index in [0.717, 1.165) is 10.0 Å². The van der Waals surface area contributed by atoms with Gasteiger partial charge in [-0.25, -0.2) is 0 Å². The van der Waals surface area contributed by atoms with Gasteiger partial charge in [-0.2, -0.15) is 0 Å². The predicted molar refractivity (Wildman–Crippen MR) is 80.9 cm³/mol. The van der Waals surface area contributed by atoms with Crippen LogP contribution in [0.5, 0.6) is 0 Å². The van der Waals surface area contributed by atoms with Gasteiger partial charge in [0.2, 0.25) is 0 Å². The Kier molecular flexibility index (Phi) is 4.14. The first-order valence-electron chi connectivity index (χ1n) is 5.67. The molecule has 1 radical (unpaired) electrons. The first kappa shape index (κ1) is 13.4. The average Bonchev–Trinajstić information content (AvgIpc) is 2.26. The Morgan fingerprint density at radius 1 is 1.18 bits per heavy atom. The van der Waals surface area contributed by atoms with Crippen LogP contribution in [0, 0.1) is 5.41 Å². The third kappa shape index (κ3) is 3.45. The van der Waals surface area contributed by atoms with E-state index in [-0.39, 0.29) is 21.2 Å². The summed E-state index contributed by atoms with van der Waals surface area (Å²) in [5.41, 5.74) is 0.144. The van der Waals surface area contributed by atoms with Gasteiger partial charge in [-0.15, -0.1) is 0 Å². The van der Waals surface area contributed by atoms with E-state index in [1.165, 1.54) is 8.71 Å². The molecule has 0 atom stereocenters. The summed E-state index contributed by atoms with van der Waals surface area (Å²) in [7, 11) is 0. The van der Waals surface area contributed by atoms with Crippen molar-refractivity contribution in [2.45, 2.75) is 26.7 Å². The Labute approximate surface area is 123 Å². The molecule has 0 aromatic heterocycles. The SMILES string of the molecule is CC1(C)CC(=O)C(I)=C([As]c2ccccc2)C1. The maximum absolute atomic E-state index is 12.0. The van der Waals surface area contributed by atoms with Crippen LogP contribution in [0.3, 0.4) is 0 Å². The number of carbonyl (C=O) groups is 1. The summed E-state index contributed by atoms with van der Waals surface area (Å²) in [6.07, 6.45) is 1.77. The van der Waals surface area contributed by atoms with E-state index in [2.05, 4.69) is 60.7 Å². The number of Topliss-reactive ketones (excluding diaryl/α,β-unsaturated/α-hetero) is 1. The zero-order valence-corrected chi connectivity index (χ0v) is 14.1. The normalized spacial score (nSPS) is 20.3. The van der Waals surface area contributed by atoms with Crippen molar-refractivity contribution >= 4 is 48.5 Å². The molecule has 0 aliphatic heterocycles. The Morgan fingerprint density at radius 3 is 2.47 bits per heavy atom. The third-order valence-electron chi connectivity index (χ3n) is 2.80. The first-order valence-corrected chi connectivity index (χ1v) is 8.62. The van der Waals surface area contributed by atoms with Crippen molar-refractivity contribution in [3.05, 3.63) is 38.3 Å². The molecule has 3 heteroatoms. The molecule has 1 nitrogen and oxygen atoms in total. The molecule has 0 saturated heterocycles. The number of ketones is 1. The van der Waals surface area contributed by atoms with Gasteiger partial charge in [0, 0.05) is 0 Å². The van der Waals surface area contributed by atoms with E-state index in [9.17, 15) is 4.79 Å². The number of rotatable bonds is 2. The zero-order chi connectivity index (χ0) is 12.5. The number of hydrogen-bond donors (Lipinski definition) is 0. The van der Waals surface area contributed by atoms with E-state index in [4.69, 9.17) is 0 Å². The average molecular weight is 401 g/mol. The monoisotopic (exact) mass is 401 g/mol. The van der Waals surface area contributed by atoms with Crippen molar-refractivity contribution in [3.8, 4) is 0 Å². The molecule has 0 spiro atoms. The second-order valence-corrected chi connectivity index (χ2v) is 8.91. The molecule has 1 aliphatic carbocycles. The summed E-state index contributed by atoms with van der Waals surface area (Å²) in [5.74, 6) is 0.336. The van der Waals surface area contributed by atoms with Crippen molar-refractivity contribution in [1.29, 1.82) is 0 Å². The van der Waals surface area contributed by atoms with Gasteiger partial charge < -0.3 is 0 Å². The molecular formula is C14H15AsIO. The molecule has 2 rings (SSSR count). The second kappa shape index (κ2) is 5.27. The Hall–Kier alpha value is -0.0816. The van der Waals surface area contributed by atoms with E-state index >= 15 is 0 Å². The molecule has 0 heterocycles. The maximum atomic E-state index is 12.0. The Morgan fingerprint density at radius 2 is 1.82 bits per heavy atom. The summed E-state index contributed by atoms with van der Waals surface area (Å²) in [5, 5.41) is 0. The third-order valence-corrected chi connectivity index (χ3v) is 7.52. The molecule has 89 valence electrons. The minimum absolute atomic E-state index is 0.0104. The fraction of sp³-hybridized carbons (Fsp3) is 0.357. The van der Waals surface area contributed by atoms with Crippen molar-refractivity contribution in [2.75, 3.05) is 0 Å². The number of hydrogen-bond acceptors (Lipinski definition) is 1. The van der Waals surface area contributed by atoms with Crippen LogP contribution < -0.4 is 4.35 Å². The zero-order valence-electron chi connectivity index (χ0n) is 10.0. The first-order chi connectivity index (χ1) is 7.98. The van der Waals surface area contributed by atoms with Crippen LogP contribution in [0.25, 0.3) is 0 Å². The molecule has 17 heavy (non-hydrogen) atoms. The summed E-state index contributed by atoms with van der Waals surface area (Å²) >= 11 is 2.23. The molecule has 0 fully saturated rings. The number of halogens is 1. The van der Waals surface area contributed by atoms with Crippen LogP contribution in [-0.4, -0.2) is 21.5 Å². The van der Waals surface area contributed by atoms with Gasteiger partial charge in [0.25, 0.3) is 0 Å². The molecule has 0 saturated carbocycles. The van der Waals surface area contributed by atoms with Crippen molar-refractivity contribution < 1.29 is 4.79 Å². The van der Waals surface area contributed by atoms with Gasteiger partial charge in [-0.05, 0) is 0 Å². The quantitative estimate of drug-likeness (QED) is 0.550. The minimum atomic E-state index is -0.0104. The van der Waals surface area contributed by atoms with Gasteiger partial charge >= 0.3 is 124 Å². The summed E-state index contributed by atoms with van der Waals surface area (Å²) in [6, 6.07) is 10.5. The van der Waals surface area contributed by atoms with E-state index < -0.39 is 0 Å². The fourth-order valence-corrected chi connectivity index (χ4v) is 5.88.